The fourth-order valence-corrected chi connectivity index (χ4v) is 5.36. The summed E-state index contributed by atoms with van der Waals surface area (Å²) in [5, 5.41) is 0. The van der Waals surface area contributed by atoms with E-state index in [0.29, 0.717) is 22.4 Å². The van der Waals surface area contributed by atoms with Crippen molar-refractivity contribution in [2.75, 3.05) is 26.4 Å². The monoisotopic (exact) mass is 664 g/mol. The maximum atomic E-state index is 12.8. The summed E-state index contributed by atoms with van der Waals surface area (Å²) in [6.07, 6.45) is 0.575. The molecule has 0 radical (unpaired) electrons. The van der Waals surface area contributed by atoms with Crippen LogP contribution in [0, 0.1) is 0 Å². The Bertz CT molecular complexity index is 1580. The highest BCUT2D eigenvalue weighted by Crippen LogP contribution is 2.52. The number of benzene rings is 2. The first kappa shape index (κ1) is 32.5. The van der Waals surface area contributed by atoms with Crippen LogP contribution in [0.15, 0.2) is 71.2 Å². The van der Waals surface area contributed by atoms with Gasteiger partial charge in [-0.3, -0.25) is 9.59 Å². The number of fused-ring (bicyclic) bond motifs is 4. The van der Waals surface area contributed by atoms with Crippen LogP contribution in [0.4, 0.5) is 0 Å². The second-order valence-corrected chi connectivity index (χ2v) is 11.4. The lowest BCUT2D eigenvalue weighted by atomic mass is 9.73. The maximum absolute atomic E-state index is 12.8. The Morgan fingerprint density at radius 1 is 0.750 bits per heavy atom. The third kappa shape index (κ3) is 7.57. The molecule has 3 aromatic rings. The number of hydrogen-bond acceptors (Lipinski definition) is 10. The second kappa shape index (κ2) is 14.4. The van der Waals surface area contributed by atoms with Crippen molar-refractivity contribution >= 4 is 50.8 Å². The van der Waals surface area contributed by atoms with Crippen LogP contribution in [0.2, 0.25) is 0 Å². The van der Waals surface area contributed by atoms with Gasteiger partial charge in [0.25, 0.3) is 0 Å². The molecule has 1 heterocycles. The lowest BCUT2D eigenvalue weighted by molar-refractivity contribution is -0.150. The standard InChI is InChI=1S/C33H33BrN2O8/c1-20(2)31(39)43-17-15-41-27(37)11-13-33(14-12-28(38)42-16-18-44-32(40)21(3)4)24-8-6-5-7-23(24)29-30(33)36-25-10-9-22(34)19-26(25)35-29/h5-10,19H,1,3,11-18H2,2,4H3. The molecular formula is C33H33BrN2O8. The topological polar surface area (TPSA) is 131 Å². The lowest BCUT2D eigenvalue weighted by Crippen LogP contribution is -2.29. The number of ether oxygens (including phenoxy) is 4. The van der Waals surface area contributed by atoms with Crippen molar-refractivity contribution in [3.05, 3.63) is 82.5 Å². The first-order chi connectivity index (χ1) is 21.0. The van der Waals surface area contributed by atoms with Gasteiger partial charge in [-0.05, 0) is 50.5 Å². The number of hydrogen-bond donors (Lipinski definition) is 0. The number of carbonyl (C=O) groups is 4. The molecule has 230 valence electrons. The number of carbonyl (C=O) groups excluding carboxylic acids is 4. The molecule has 0 bridgehead atoms. The van der Waals surface area contributed by atoms with Crippen molar-refractivity contribution in [1.29, 1.82) is 0 Å². The largest absolute Gasteiger partial charge is 0.462 e. The van der Waals surface area contributed by atoms with Crippen molar-refractivity contribution < 1.29 is 38.1 Å². The first-order valence-corrected chi connectivity index (χ1v) is 14.9. The summed E-state index contributed by atoms with van der Waals surface area (Å²) in [5.74, 6) is -2.08. The lowest BCUT2D eigenvalue weighted by Gasteiger charge is -2.30. The molecule has 0 aliphatic heterocycles. The number of esters is 4. The quantitative estimate of drug-likeness (QED) is 0.0936. The molecule has 0 fully saturated rings. The molecule has 44 heavy (non-hydrogen) atoms. The Morgan fingerprint density at radius 3 is 1.86 bits per heavy atom. The van der Waals surface area contributed by atoms with Gasteiger partial charge < -0.3 is 18.9 Å². The zero-order valence-corrected chi connectivity index (χ0v) is 26.2. The molecule has 1 aliphatic rings. The molecule has 0 spiro atoms. The Balaban J connectivity index is 1.56. The van der Waals surface area contributed by atoms with Gasteiger partial charge in [-0.1, -0.05) is 53.4 Å². The van der Waals surface area contributed by atoms with E-state index >= 15 is 0 Å². The molecule has 0 amide bonds. The molecule has 0 saturated heterocycles. The fourth-order valence-electron chi connectivity index (χ4n) is 5.02. The van der Waals surface area contributed by atoms with Crippen LogP contribution in [0.3, 0.4) is 0 Å². The van der Waals surface area contributed by atoms with Gasteiger partial charge in [0.1, 0.15) is 26.4 Å². The summed E-state index contributed by atoms with van der Waals surface area (Å²) in [4.78, 5) is 58.9. The van der Waals surface area contributed by atoms with Gasteiger partial charge in [0.2, 0.25) is 0 Å². The van der Waals surface area contributed by atoms with Gasteiger partial charge in [0.05, 0.1) is 22.4 Å². The van der Waals surface area contributed by atoms with E-state index in [4.69, 9.17) is 28.9 Å². The smallest absolute Gasteiger partial charge is 0.333 e. The van der Waals surface area contributed by atoms with Gasteiger partial charge in [0.15, 0.2) is 0 Å². The summed E-state index contributed by atoms with van der Waals surface area (Å²) in [6, 6.07) is 13.4. The summed E-state index contributed by atoms with van der Waals surface area (Å²) in [7, 11) is 0. The molecule has 11 heteroatoms. The van der Waals surface area contributed by atoms with Crippen molar-refractivity contribution in [3.8, 4) is 11.3 Å². The van der Waals surface area contributed by atoms with Crippen LogP contribution in [0.25, 0.3) is 22.3 Å². The highest BCUT2D eigenvalue weighted by Gasteiger charge is 2.46. The maximum Gasteiger partial charge on any atom is 0.333 e. The SMILES string of the molecule is C=C(C)C(=O)OCCOC(=O)CCC1(CCC(=O)OCCOC(=O)C(=C)C)c2ccccc2-c2nc3cc(Br)ccc3nc21. The van der Waals surface area contributed by atoms with E-state index in [2.05, 4.69) is 29.1 Å². The van der Waals surface area contributed by atoms with Crippen LogP contribution in [0.5, 0.6) is 0 Å². The predicted octanol–water partition coefficient (Wildman–Crippen LogP) is 5.54. The number of halogens is 1. The minimum Gasteiger partial charge on any atom is -0.462 e. The molecule has 0 atom stereocenters. The Labute approximate surface area is 263 Å². The van der Waals surface area contributed by atoms with Crippen LogP contribution in [0.1, 0.15) is 50.8 Å². The minimum atomic E-state index is -0.850. The highest BCUT2D eigenvalue weighted by molar-refractivity contribution is 9.10. The van der Waals surface area contributed by atoms with E-state index in [1.165, 1.54) is 13.8 Å². The van der Waals surface area contributed by atoms with Gasteiger partial charge in [-0.15, -0.1) is 0 Å². The average molecular weight is 666 g/mol. The average Bonchev–Trinajstić information content (AvgIpc) is 3.26. The molecule has 1 aromatic heterocycles. The zero-order valence-electron chi connectivity index (χ0n) is 24.7. The van der Waals surface area contributed by atoms with Crippen molar-refractivity contribution in [2.45, 2.75) is 44.9 Å². The summed E-state index contributed by atoms with van der Waals surface area (Å²) >= 11 is 3.50. The normalized spacial score (nSPS) is 12.5. The second-order valence-electron chi connectivity index (χ2n) is 10.5. The Morgan fingerprint density at radius 2 is 1.30 bits per heavy atom. The molecular weight excluding hydrogens is 632 g/mol. The molecule has 2 aromatic carbocycles. The van der Waals surface area contributed by atoms with E-state index in [0.717, 1.165) is 15.6 Å². The fraction of sp³-hybridized carbons (Fsp3) is 0.333. The summed E-state index contributed by atoms with van der Waals surface area (Å²) < 4.78 is 21.5. The van der Waals surface area contributed by atoms with Gasteiger partial charge in [-0.2, -0.15) is 0 Å². The highest BCUT2D eigenvalue weighted by atomic mass is 79.9. The zero-order chi connectivity index (χ0) is 31.9. The van der Waals surface area contributed by atoms with E-state index in [1.54, 1.807) is 0 Å². The van der Waals surface area contributed by atoms with E-state index in [9.17, 15) is 19.2 Å². The molecule has 1 aliphatic carbocycles. The van der Waals surface area contributed by atoms with Gasteiger partial charge in [-0.25, -0.2) is 19.6 Å². The minimum absolute atomic E-state index is 0.00810. The Hall–Kier alpha value is -4.38. The number of aromatic nitrogens is 2. The molecule has 0 saturated carbocycles. The van der Waals surface area contributed by atoms with Crippen molar-refractivity contribution in [1.82, 2.24) is 9.97 Å². The van der Waals surface area contributed by atoms with Crippen LogP contribution in [-0.4, -0.2) is 60.3 Å². The third-order valence-electron chi connectivity index (χ3n) is 7.15. The van der Waals surface area contributed by atoms with E-state index in [1.807, 2.05) is 42.5 Å². The molecule has 0 N–H and O–H groups in total. The van der Waals surface area contributed by atoms with Crippen LogP contribution >= 0.6 is 15.9 Å². The van der Waals surface area contributed by atoms with Crippen LogP contribution < -0.4 is 0 Å². The molecule has 0 unspecified atom stereocenters. The molecule has 10 nitrogen and oxygen atoms in total. The Kier molecular flexibility index (Phi) is 10.6. The van der Waals surface area contributed by atoms with Crippen molar-refractivity contribution in [3.63, 3.8) is 0 Å². The van der Waals surface area contributed by atoms with E-state index in [-0.39, 0.29) is 63.3 Å². The van der Waals surface area contributed by atoms with Gasteiger partial charge in [0, 0.05) is 39.4 Å². The third-order valence-corrected chi connectivity index (χ3v) is 7.64. The van der Waals surface area contributed by atoms with Crippen molar-refractivity contribution in [2.24, 2.45) is 0 Å². The van der Waals surface area contributed by atoms with Crippen LogP contribution in [-0.2, 0) is 43.5 Å². The molecule has 4 rings (SSSR count). The number of rotatable bonds is 14. The number of nitrogens with zero attached hydrogens (tertiary/aromatic N) is 2. The predicted molar refractivity (Wildman–Crippen MR) is 165 cm³/mol. The first-order valence-electron chi connectivity index (χ1n) is 14.1. The summed E-state index contributed by atoms with van der Waals surface area (Å²) in [5.41, 5.74) is 4.16. The van der Waals surface area contributed by atoms with Gasteiger partial charge >= 0.3 is 23.9 Å². The van der Waals surface area contributed by atoms with E-state index < -0.39 is 29.3 Å². The summed E-state index contributed by atoms with van der Waals surface area (Å²) in [6.45, 7) is 9.74.